The molecular weight excluding hydrogens is 410 g/mol. The molecule has 0 aliphatic carbocycles. The molecule has 9 nitrogen and oxygen atoms in total. The number of para-hydroxylation sites is 1. The fourth-order valence-corrected chi connectivity index (χ4v) is 3.54. The fourth-order valence-electron chi connectivity index (χ4n) is 3.54. The number of hydrogen-bond donors (Lipinski definition) is 3. The van der Waals surface area contributed by atoms with Crippen molar-refractivity contribution >= 4 is 39.6 Å². The number of benzene rings is 1. The van der Waals surface area contributed by atoms with Crippen LogP contribution in [-0.4, -0.2) is 58.4 Å². The third-order valence-electron chi connectivity index (χ3n) is 5.00. The fraction of sp³-hybridized carbons (Fsp3) is 0.391. The van der Waals surface area contributed by atoms with Gasteiger partial charge in [-0.05, 0) is 19.4 Å². The van der Waals surface area contributed by atoms with E-state index in [0.717, 1.165) is 41.6 Å². The number of unbranched alkanes of at least 4 members (excludes halogenated alkanes) is 1. The molecule has 0 saturated heterocycles. The number of aliphatic hydroxyl groups is 1. The SMILES string of the molecule is CCOC(=O)/C=C/C(O)=[NH+]CCCCn1c(CCOC)nc2c(N)nc3ccccc3c21. The van der Waals surface area contributed by atoms with E-state index in [1.807, 2.05) is 24.3 Å². The summed E-state index contributed by atoms with van der Waals surface area (Å²) < 4.78 is 12.2. The Morgan fingerprint density at radius 3 is 2.84 bits per heavy atom. The van der Waals surface area contributed by atoms with Gasteiger partial charge < -0.3 is 24.9 Å². The van der Waals surface area contributed by atoms with E-state index in [1.165, 1.54) is 12.2 Å². The lowest BCUT2D eigenvalue weighted by Gasteiger charge is -2.10. The summed E-state index contributed by atoms with van der Waals surface area (Å²) in [6.07, 6.45) is 4.81. The number of anilines is 1. The van der Waals surface area contributed by atoms with Crippen molar-refractivity contribution in [1.29, 1.82) is 0 Å². The first kappa shape index (κ1) is 23.2. The number of pyridine rings is 1. The van der Waals surface area contributed by atoms with E-state index >= 15 is 0 Å². The zero-order chi connectivity index (χ0) is 22.9. The summed E-state index contributed by atoms with van der Waals surface area (Å²) in [6, 6.07) is 7.91. The van der Waals surface area contributed by atoms with Gasteiger partial charge in [0.15, 0.2) is 5.82 Å². The van der Waals surface area contributed by atoms with E-state index in [1.54, 1.807) is 14.0 Å². The Labute approximate surface area is 186 Å². The highest BCUT2D eigenvalue weighted by Gasteiger charge is 2.17. The molecular formula is C23H30N5O4+. The summed E-state index contributed by atoms with van der Waals surface area (Å²) in [5, 5.41) is 10.9. The van der Waals surface area contributed by atoms with Crippen LogP contribution in [0.25, 0.3) is 21.9 Å². The molecule has 0 amide bonds. The Bertz CT molecular complexity index is 1140. The first-order valence-electron chi connectivity index (χ1n) is 10.7. The van der Waals surface area contributed by atoms with E-state index in [9.17, 15) is 9.90 Å². The smallest absolute Gasteiger partial charge is 0.358 e. The molecule has 4 N–H and O–H groups in total. The maximum atomic E-state index is 11.3. The summed E-state index contributed by atoms with van der Waals surface area (Å²) in [7, 11) is 1.67. The van der Waals surface area contributed by atoms with Crippen LogP contribution in [0.3, 0.4) is 0 Å². The minimum absolute atomic E-state index is 0.0724. The molecule has 2 aromatic heterocycles. The summed E-state index contributed by atoms with van der Waals surface area (Å²) >= 11 is 0. The number of imidazole rings is 1. The Balaban J connectivity index is 1.74. The lowest BCUT2D eigenvalue weighted by molar-refractivity contribution is -0.465. The molecule has 2 heterocycles. The first-order valence-corrected chi connectivity index (χ1v) is 10.7. The number of hydrogen-bond acceptors (Lipinski definition) is 6. The maximum absolute atomic E-state index is 11.3. The number of fused-ring (bicyclic) bond motifs is 3. The molecule has 0 saturated carbocycles. The van der Waals surface area contributed by atoms with Crippen LogP contribution in [0.2, 0.25) is 0 Å². The van der Waals surface area contributed by atoms with Gasteiger partial charge in [0.25, 0.3) is 0 Å². The number of esters is 1. The number of carbonyl (C=O) groups excluding carboxylic acids is 1. The van der Waals surface area contributed by atoms with Gasteiger partial charge >= 0.3 is 11.9 Å². The van der Waals surface area contributed by atoms with Crippen LogP contribution in [0.5, 0.6) is 0 Å². The molecule has 1 aromatic carbocycles. The topological polar surface area (TPSA) is 126 Å². The third kappa shape index (κ3) is 5.61. The number of nitrogens with zero attached hydrogens (tertiary/aromatic N) is 3. The van der Waals surface area contributed by atoms with Crippen molar-refractivity contribution in [2.45, 2.75) is 32.7 Å². The molecule has 0 aliphatic heterocycles. The van der Waals surface area contributed by atoms with E-state index < -0.39 is 5.97 Å². The van der Waals surface area contributed by atoms with Gasteiger partial charge in [0.1, 0.15) is 17.9 Å². The summed E-state index contributed by atoms with van der Waals surface area (Å²) in [6.45, 7) is 3.88. The second-order valence-electron chi connectivity index (χ2n) is 7.24. The van der Waals surface area contributed by atoms with Gasteiger partial charge in [-0.25, -0.2) is 19.8 Å². The van der Waals surface area contributed by atoms with E-state index in [4.69, 9.17) is 20.2 Å². The normalized spacial score (nSPS) is 12.2. The number of nitrogens with two attached hydrogens (primary N) is 1. The van der Waals surface area contributed by atoms with Crippen LogP contribution >= 0.6 is 0 Å². The quantitative estimate of drug-likeness (QED) is 0.135. The number of methoxy groups -OCH3 is 1. The molecule has 9 heteroatoms. The largest absolute Gasteiger partial charge is 0.463 e. The molecule has 0 fully saturated rings. The maximum Gasteiger partial charge on any atom is 0.358 e. The molecule has 0 unspecified atom stereocenters. The van der Waals surface area contributed by atoms with Crippen LogP contribution in [0.1, 0.15) is 25.6 Å². The van der Waals surface area contributed by atoms with Gasteiger partial charge in [0.2, 0.25) is 0 Å². The van der Waals surface area contributed by atoms with Crippen molar-refractivity contribution in [3.8, 4) is 0 Å². The highest BCUT2D eigenvalue weighted by molar-refractivity contribution is 6.06. The predicted molar refractivity (Wildman–Crippen MR) is 123 cm³/mol. The first-order chi connectivity index (χ1) is 15.5. The van der Waals surface area contributed by atoms with Crippen LogP contribution in [0, 0.1) is 0 Å². The van der Waals surface area contributed by atoms with E-state index in [0.29, 0.717) is 37.5 Å². The van der Waals surface area contributed by atoms with Crippen molar-refractivity contribution in [1.82, 2.24) is 14.5 Å². The zero-order valence-corrected chi connectivity index (χ0v) is 18.5. The molecule has 0 spiro atoms. The number of nitrogen functional groups attached to an aromatic ring is 1. The van der Waals surface area contributed by atoms with Crippen LogP contribution < -0.4 is 10.7 Å². The number of aromatic nitrogens is 3. The number of nitrogens with one attached hydrogen (secondary N) is 1. The molecule has 0 radical (unpaired) electrons. The molecule has 3 rings (SSSR count). The predicted octanol–water partition coefficient (Wildman–Crippen LogP) is 1.29. The van der Waals surface area contributed by atoms with Crippen molar-refractivity contribution in [2.75, 3.05) is 32.6 Å². The number of aliphatic hydroxyl groups excluding tert-OH is 1. The van der Waals surface area contributed by atoms with Crippen LogP contribution in [0.4, 0.5) is 5.82 Å². The molecule has 0 aliphatic rings. The molecule has 170 valence electrons. The number of ether oxygens (including phenoxy) is 2. The Morgan fingerprint density at radius 2 is 2.06 bits per heavy atom. The monoisotopic (exact) mass is 440 g/mol. The lowest BCUT2D eigenvalue weighted by atomic mass is 10.2. The summed E-state index contributed by atoms with van der Waals surface area (Å²) in [5.74, 6) is 0.770. The van der Waals surface area contributed by atoms with Crippen LogP contribution in [-0.2, 0) is 27.2 Å². The standard InChI is InChI=1S/C23H29N5O4/c1-3-32-20(30)11-10-19(29)25-13-6-7-14-28-18(12-15-31-2)27-21-22(28)16-8-4-5-9-17(16)26-23(21)24/h4-5,8-11H,3,6-7,12-15H2,1-2H3,(H2,24,26)(H,25,29)/p+1/b11-10+. The number of aryl methyl sites for hydroxylation is 1. The van der Waals surface area contributed by atoms with Gasteiger partial charge in [-0.3, -0.25) is 0 Å². The van der Waals surface area contributed by atoms with Gasteiger partial charge in [0, 0.05) is 38.0 Å². The van der Waals surface area contributed by atoms with E-state index in [2.05, 4.69) is 14.5 Å². The molecule has 3 aromatic rings. The van der Waals surface area contributed by atoms with Gasteiger partial charge in [-0.2, -0.15) is 0 Å². The average Bonchev–Trinajstić information content (AvgIpc) is 3.15. The minimum atomic E-state index is -0.489. The molecule has 0 atom stereocenters. The molecule has 0 bridgehead atoms. The lowest BCUT2D eigenvalue weighted by Crippen LogP contribution is -2.72. The van der Waals surface area contributed by atoms with Crippen molar-refractivity contribution in [3.05, 3.63) is 42.2 Å². The average molecular weight is 441 g/mol. The number of carbonyl (C=O) groups is 1. The van der Waals surface area contributed by atoms with Crippen LogP contribution in [0.15, 0.2) is 36.4 Å². The van der Waals surface area contributed by atoms with Crippen molar-refractivity contribution in [2.24, 2.45) is 0 Å². The second-order valence-corrected chi connectivity index (χ2v) is 7.24. The second kappa shape index (κ2) is 11.2. The number of rotatable bonds is 11. The summed E-state index contributed by atoms with van der Waals surface area (Å²) in [4.78, 5) is 23.4. The van der Waals surface area contributed by atoms with Crippen molar-refractivity contribution < 1.29 is 24.4 Å². The Hall–Kier alpha value is -3.46. The zero-order valence-electron chi connectivity index (χ0n) is 18.5. The van der Waals surface area contributed by atoms with Gasteiger partial charge in [-0.1, -0.05) is 18.2 Å². The van der Waals surface area contributed by atoms with Crippen molar-refractivity contribution in [3.63, 3.8) is 0 Å². The summed E-state index contributed by atoms with van der Waals surface area (Å²) in [5.41, 5.74) is 8.75. The van der Waals surface area contributed by atoms with E-state index in [-0.39, 0.29) is 5.90 Å². The Kier molecular flexibility index (Phi) is 8.15. The minimum Gasteiger partial charge on any atom is -0.463 e. The van der Waals surface area contributed by atoms with Gasteiger partial charge in [-0.15, -0.1) is 0 Å². The molecule has 32 heavy (non-hydrogen) atoms. The highest BCUT2D eigenvalue weighted by atomic mass is 16.5. The highest BCUT2D eigenvalue weighted by Crippen LogP contribution is 2.29. The van der Waals surface area contributed by atoms with Gasteiger partial charge in [0.05, 0.1) is 30.3 Å². The Morgan fingerprint density at radius 1 is 1.25 bits per heavy atom. The third-order valence-corrected chi connectivity index (χ3v) is 5.00.